The molecule has 1 aliphatic carbocycles. The van der Waals surface area contributed by atoms with Crippen LogP contribution in [0.3, 0.4) is 0 Å². The first-order valence-electron chi connectivity index (χ1n) is 8.72. The molecule has 6 heteroatoms. The van der Waals surface area contributed by atoms with Crippen molar-refractivity contribution in [1.82, 2.24) is 4.90 Å². The fourth-order valence-corrected chi connectivity index (χ4v) is 3.14. The number of carbonyl (C=O) groups excluding carboxylic acids is 2. The molecular formula is C20H24N4O2. The molecule has 4 N–H and O–H groups in total. The lowest BCUT2D eigenvalue weighted by Crippen LogP contribution is -2.26. The lowest BCUT2D eigenvalue weighted by molar-refractivity contribution is 0.0980. The molecule has 0 spiro atoms. The van der Waals surface area contributed by atoms with Gasteiger partial charge in [0.1, 0.15) is 0 Å². The van der Waals surface area contributed by atoms with Crippen molar-refractivity contribution in [3.8, 4) is 0 Å². The summed E-state index contributed by atoms with van der Waals surface area (Å²) in [5, 5.41) is 6.47. The van der Waals surface area contributed by atoms with Crippen LogP contribution in [0, 0.1) is 0 Å². The molecule has 2 aromatic rings. The molecule has 0 bridgehead atoms. The van der Waals surface area contributed by atoms with E-state index in [-0.39, 0.29) is 11.6 Å². The van der Waals surface area contributed by atoms with Crippen molar-refractivity contribution in [3.63, 3.8) is 0 Å². The number of fused-ring (bicyclic) bond motifs is 2. The predicted octanol–water partition coefficient (Wildman–Crippen LogP) is 1.81. The third-order valence-electron chi connectivity index (χ3n) is 4.41. The van der Waals surface area contributed by atoms with Crippen molar-refractivity contribution >= 4 is 22.9 Å². The number of hydrogen-bond acceptors (Lipinski definition) is 6. The van der Waals surface area contributed by atoms with Crippen molar-refractivity contribution in [2.75, 3.05) is 50.9 Å². The van der Waals surface area contributed by atoms with E-state index in [1.807, 2.05) is 26.2 Å². The van der Waals surface area contributed by atoms with Crippen LogP contribution >= 0.6 is 0 Å². The van der Waals surface area contributed by atoms with E-state index in [2.05, 4.69) is 15.5 Å². The maximum absolute atomic E-state index is 13.1. The first kappa shape index (κ1) is 18.1. The van der Waals surface area contributed by atoms with Crippen LogP contribution in [0.25, 0.3) is 0 Å². The van der Waals surface area contributed by atoms with Crippen molar-refractivity contribution < 1.29 is 9.59 Å². The van der Waals surface area contributed by atoms with Crippen molar-refractivity contribution in [2.45, 2.75) is 0 Å². The summed E-state index contributed by atoms with van der Waals surface area (Å²) in [5.41, 5.74) is 8.69. The molecule has 0 saturated carbocycles. The van der Waals surface area contributed by atoms with Crippen LogP contribution in [0.1, 0.15) is 31.8 Å². The number of anilines is 2. The number of rotatable bonds is 7. The van der Waals surface area contributed by atoms with Gasteiger partial charge in [0.15, 0.2) is 11.6 Å². The van der Waals surface area contributed by atoms with E-state index < -0.39 is 0 Å². The number of benzene rings is 2. The number of hydrogen-bond donors (Lipinski definition) is 3. The standard InChI is InChI=1S/C20H24N4O2/c1-24(2)12-11-23-16-8-7-15(22-10-9-21)17-18(16)20(26)14-6-4-3-5-13(14)19(17)25/h3-8,22-23H,9-12,21H2,1-2H3. The molecule has 0 heterocycles. The zero-order valence-electron chi connectivity index (χ0n) is 15.1. The molecule has 2 aromatic carbocycles. The molecule has 1 aliphatic rings. The summed E-state index contributed by atoms with van der Waals surface area (Å²) in [6, 6.07) is 10.7. The summed E-state index contributed by atoms with van der Waals surface area (Å²) < 4.78 is 0. The topological polar surface area (TPSA) is 87.5 Å². The average molecular weight is 352 g/mol. The number of ketones is 2. The van der Waals surface area contributed by atoms with E-state index in [4.69, 9.17) is 5.73 Å². The molecule has 0 aromatic heterocycles. The Balaban J connectivity index is 2.08. The first-order valence-corrected chi connectivity index (χ1v) is 8.72. The smallest absolute Gasteiger partial charge is 0.196 e. The molecule has 26 heavy (non-hydrogen) atoms. The van der Waals surface area contributed by atoms with Gasteiger partial charge in [-0.3, -0.25) is 9.59 Å². The van der Waals surface area contributed by atoms with E-state index in [9.17, 15) is 9.59 Å². The van der Waals surface area contributed by atoms with Gasteiger partial charge in [0.2, 0.25) is 0 Å². The van der Waals surface area contributed by atoms with E-state index >= 15 is 0 Å². The van der Waals surface area contributed by atoms with E-state index in [1.165, 1.54) is 0 Å². The Bertz CT molecular complexity index is 846. The molecule has 3 rings (SSSR count). The van der Waals surface area contributed by atoms with Crippen LogP contribution in [0.5, 0.6) is 0 Å². The quantitative estimate of drug-likeness (QED) is 0.601. The Morgan fingerprint density at radius 3 is 1.81 bits per heavy atom. The fourth-order valence-electron chi connectivity index (χ4n) is 3.14. The summed E-state index contributed by atoms with van der Waals surface area (Å²) >= 11 is 0. The Morgan fingerprint density at radius 2 is 1.35 bits per heavy atom. The van der Waals surface area contributed by atoms with Crippen LogP contribution in [-0.2, 0) is 0 Å². The molecule has 0 fully saturated rings. The van der Waals surface area contributed by atoms with Crippen molar-refractivity contribution in [3.05, 3.63) is 58.7 Å². The highest BCUT2D eigenvalue weighted by Gasteiger charge is 2.33. The van der Waals surface area contributed by atoms with Gasteiger partial charge < -0.3 is 21.3 Å². The van der Waals surface area contributed by atoms with Crippen LogP contribution in [-0.4, -0.2) is 56.7 Å². The van der Waals surface area contributed by atoms with Crippen LogP contribution in [0.2, 0.25) is 0 Å². The zero-order chi connectivity index (χ0) is 18.7. The Hall–Kier alpha value is -2.70. The molecule has 0 saturated heterocycles. The Morgan fingerprint density at radius 1 is 0.846 bits per heavy atom. The summed E-state index contributed by atoms with van der Waals surface area (Å²) in [6.07, 6.45) is 0. The van der Waals surface area contributed by atoms with E-state index in [1.54, 1.807) is 24.3 Å². The summed E-state index contributed by atoms with van der Waals surface area (Å²) in [7, 11) is 3.98. The maximum Gasteiger partial charge on any atom is 0.196 e. The Kier molecular flexibility index (Phi) is 5.35. The highest BCUT2D eigenvalue weighted by molar-refractivity contribution is 6.31. The van der Waals surface area contributed by atoms with Gasteiger partial charge in [0.05, 0.1) is 11.1 Å². The molecule has 0 radical (unpaired) electrons. The van der Waals surface area contributed by atoms with Gasteiger partial charge in [-0.15, -0.1) is 0 Å². The van der Waals surface area contributed by atoms with Crippen LogP contribution in [0.4, 0.5) is 11.4 Å². The largest absolute Gasteiger partial charge is 0.383 e. The van der Waals surface area contributed by atoms with Gasteiger partial charge in [-0.05, 0) is 26.2 Å². The van der Waals surface area contributed by atoms with Gasteiger partial charge in [0, 0.05) is 48.7 Å². The third kappa shape index (κ3) is 3.34. The van der Waals surface area contributed by atoms with Gasteiger partial charge in [0.25, 0.3) is 0 Å². The van der Waals surface area contributed by atoms with Crippen molar-refractivity contribution in [2.24, 2.45) is 5.73 Å². The lowest BCUT2D eigenvalue weighted by Gasteiger charge is -2.24. The highest BCUT2D eigenvalue weighted by Crippen LogP contribution is 2.36. The number of carbonyl (C=O) groups is 2. The lowest BCUT2D eigenvalue weighted by atomic mass is 9.82. The minimum Gasteiger partial charge on any atom is -0.383 e. The molecule has 0 amide bonds. The average Bonchev–Trinajstić information content (AvgIpc) is 2.64. The van der Waals surface area contributed by atoms with Gasteiger partial charge in [-0.2, -0.15) is 0 Å². The second kappa shape index (κ2) is 7.68. The monoisotopic (exact) mass is 352 g/mol. The van der Waals surface area contributed by atoms with Crippen molar-refractivity contribution in [1.29, 1.82) is 0 Å². The summed E-state index contributed by atoms with van der Waals surface area (Å²) in [5.74, 6) is -0.259. The van der Waals surface area contributed by atoms with E-state index in [0.29, 0.717) is 53.3 Å². The predicted molar refractivity (Wildman–Crippen MR) is 104 cm³/mol. The first-order chi connectivity index (χ1) is 12.5. The van der Waals surface area contributed by atoms with Crippen LogP contribution in [0.15, 0.2) is 36.4 Å². The highest BCUT2D eigenvalue weighted by atomic mass is 16.1. The molecule has 0 aliphatic heterocycles. The molecule has 0 unspecified atom stereocenters. The second-order valence-electron chi connectivity index (χ2n) is 6.56. The SMILES string of the molecule is CN(C)CCNc1ccc(NCCN)c2c1C(=O)c1ccccc1C2=O. The molecule has 136 valence electrons. The second-order valence-corrected chi connectivity index (χ2v) is 6.56. The Labute approximate surface area is 153 Å². The maximum atomic E-state index is 13.1. The van der Waals surface area contributed by atoms with Gasteiger partial charge in [-0.1, -0.05) is 24.3 Å². The number of nitrogens with two attached hydrogens (primary N) is 1. The number of likely N-dealkylation sites (N-methyl/N-ethyl adjacent to an activating group) is 1. The molecule has 0 atom stereocenters. The number of nitrogens with one attached hydrogen (secondary N) is 2. The number of nitrogens with zero attached hydrogens (tertiary/aromatic N) is 1. The van der Waals surface area contributed by atoms with Gasteiger partial charge >= 0.3 is 0 Å². The summed E-state index contributed by atoms with van der Waals surface area (Å²) in [6.45, 7) is 2.47. The fraction of sp³-hybridized carbons (Fsp3) is 0.300. The minimum atomic E-state index is -0.133. The minimum absolute atomic E-state index is 0.126. The molecule has 6 nitrogen and oxygen atoms in total. The molecular weight excluding hydrogens is 328 g/mol. The van der Waals surface area contributed by atoms with E-state index in [0.717, 1.165) is 6.54 Å². The normalized spacial score (nSPS) is 12.8. The van der Waals surface area contributed by atoms with Gasteiger partial charge in [-0.25, -0.2) is 0 Å². The zero-order valence-corrected chi connectivity index (χ0v) is 15.1. The summed E-state index contributed by atoms with van der Waals surface area (Å²) in [4.78, 5) is 28.3. The third-order valence-corrected chi connectivity index (χ3v) is 4.41. The van der Waals surface area contributed by atoms with Crippen LogP contribution < -0.4 is 16.4 Å².